The third-order valence-electron chi connectivity index (χ3n) is 2.57. The molecule has 0 bridgehead atoms. The summed E-state index contributed by atoms with van der Waals surface area (Å²) < 4.78 is 51.4. The number of hydrazine groups is 1. The SMILES string of the molecule is Cc1ccc(F)c2nc(C(F)(F)F)cc(NN)c12. The second-order valence-electron chi connectivity index (χ2n) is 3.79. The van der Waals surface area contributed by atoms with Gasteiger partial charge in [-0.05, 0) is 24.6 Å². The summed E-state index contributed by atoms with van der Waals surface area (Å²) in [6.07, 6.45) is -4.66. The van der Waals surface area contributed by atoms with Crippen LogP contribution in [0.3, 0.4) is 0 Å². The highest BCUT2D eigenvalue weighted by atomic mass is 19.4. The van der Waals surface area contributed by atoms with Crippen LogP contribution in [0.25, 0.3) is 10.9 Å². The van der Waals surface area contributed by atoms with Crippen molar-refractivity contribution in [2.24, 2.45) is 5.84 Å². The normalized spacial score (nSPS) is 11.9. The number of fused-ring (bicyclic) bond motifs is 1. The molecular formula is C11H9F4N3. The molecule has 0 aliphatic carbocycles. The van der Waals surface area contributed by atoms with Gasteiger partial charge in [0.1, 0.15) is 17.0 Å². The maximum Gasteiger partial charge on any atom is 0.433 e. The van der Waals surface area contributed by atoms with Gasteiger partial charge in [0.2, 0.25) is 0 Å². The zero-order valence-corrected chi connectivity index (χ0v) is 9.27. The fourth-order valence-corrected chi connectivity index (χ4v) is 1.74. The second-order valence-corrected chi connectivity index (χ2v) is 3.79. The average molecular weight is 259 g/mol. The predicted molar refractivity (Wildman–Crippen MR) is 59.3 cm³/mol. The molecule has 0 aliphatic rings. The molecule has 3 nitrogen and oxygen atoms in total. The van der Waals surface area contributed by atoms with Crippen molar-refractivity contribution in [2.75, 3.05) is 5.43 Å². The van der Waals surface area contributed by atoms with E-state index in [4.69, 9.17) is 5.84 Å². The van der Waals surface area contributed by atoms with E-state index in [0.29, 0.717) is 5.56 Å². The largest absolute Gasteiger partial charge is 0.433 e. The van der Waals surface area contributed by atoms with Crippen LogP contribution >= 0.6 is 0 Å². The first-order valence-electron chi connectivity index (χ1n) is 4.98. The molecule has 2 aromatic rings. The molecule has 18 heavy (non-hydrogen) atoms. The van der Waals surface area contributed by atoms with E-state index < -0.39 is 17.7 Å². The van der Waals surface area contributed by atoms with E-state index in [9.17, 15) is 17.6 Å². The average Bonchev–Trinajstić information content (AvgIpc) is 2.31. The summed E-state index contributed by atoms with van der Waals surface area (Å²) in [5.41, 5.74) is 1.18. The lowest BCUT2D eigenvalue weighted by atomic mass is 10.1. The highest BCUT2D eigenvalue weighted by Crippen LogP contribution is 2.34. The van der Waals surface area contributed by atoms with Gasteiger partial charge < -0.3 is 5.43 Å². The molecule has 2 rings (SSSR count). The summed E-state index contributed by atoms with van der Waals surface area (Å²) in [7, 11) is 0. The van der Waals surface area contributed by atoms with Crippen LogP contribution in [-0.2, 0) is 6.18 Å². The number of nitrogen functional groups attached to an aromatic ring is 1. The molecule has 1 aromatic heterocycles. The number of pyridine rings is 1. The Morgan fingerprint density at radius 2 is 1.94 bits per heavy atom. The minimum Gasteiger partial charge on any atom is -0.323 e. The van der Waals surface area contributed by atoms with Crippen LogP contribution < -0.4 is 11.3 Å². The molecule has 0 atom stereocenters. The Labute approximate surface area is 99.6 Å². The summed E-state index contributed by atoms with van der Waals surface area (Å²) in [6.45, 7) is 1.64. The third kappa shape index (κ3) is 1.97. The number of nitrogens with one attached hydrogen (secondary N) is 1. The van der Waals surface area contributed by atoms with Crippen molar-refractivity contribution in [1.29, 1.82) is 0 Å². The maximum absolute atomic E-state index is 13.6. The van der Waals surface area contributed by atoms with E-state index in [2.05, 4.69) is 10.4 Å². The van der Waals surface area contributed by atoms with E-state index in [1.807, 2.05) is 0 Å². The quantitative estimate of drug-likeness (QED) is 0.470. The molecule has 0 unspecified atom stereocenters. The van der Waals surface area contributed by atoms with Crippen molar-refractivity contribution in [3.8, 4) is 0 Å². The summed E-state index contributed by atoms with van der Waals surface area (Å²) in [5, 5.41) is 0.241. The lowest BCUT2D eigenvalue weighted by Crippen LogP contribution is -2.13. The van der Waals surface area contributed by atoms with Gasteiger partial charge in [0, 0.05) is 5.39 Å². The summed E-state index contributed by atoms with van der Waals surface area (Å²) in [5.74, 6) is 4.36. The number of aryl methyl sites for hydroxylation is 1. The molecule has 0 radical (unpaired) electrons. The van der Waals surface area contributed by atoms with Crippen molar-refractivity contribution in [2.45, 2.75) is 13.1 Å². The van der Waals surface area contributed by atoms with E-state index in [1.165, 1.54) is 6.07 Å². The number of halogens is 4. The third-order valence-corrected chi connectivity index (χ3v) is 2.57. The van der Waals surface area contributed by atoms with Crippen molar-refractivity contribution < 1.29 is 17.6 Å². The van der Waals surface area contributed by atoms with E-state index in [0.717, 1.165) is 12.1 Å². The fourth-order valence-electron chi connectivity index (χ4n) is 1.74. The summed E-state index contributed by atoms with van der Waals surface area (Å²) in [6, 6.07) is 3.29. The molecule has 3 N–H and O–H groups in total. The Morgan fingerprint density at radius 1 is 1.28 bits per heavy atom. The molecule has 1 heterocycles. The van der Waals surface area contributed by atoms with Crippen molar-refractivity contribution in [3.63, 3.8) is 0 Å². The number of nitrogens with zero attached hydrogens (tertiary/aromatic N) is 1. The minimum absolute atomic E-state index is 0.00988. The van der Waals surface area contributed by atoms with Crippen LogP contribution in [0.15, 0.2) is 18.2 Å². The second kappa shape index (κ2) is 4.09. The lowest BCUT2D eigenvalue weighted by Gasteiger charge is -2.13. The van der Waals surface area contributed by atoms with Gasteiger partial charge in [-0.15, -0.1) is 0 Å². The van der Waals surface area contributed by atoms with Crippen molar-refractivity contribution in [3.05, 3.63) is 35.3 Å². The van der Waals surface area contributed by atoms with Crippen LogP contribution in [0.2, 0.25) is 0 Å². The predicted octanol–water partition coefficient (Wildman–Crippen LogP) is 2.99. The van der Waals surface area contributed by atoms with Gasteiger partial charge in [0.15, 0.2) is 0 Å². The molecule has 0 amide bonds. The maximum atomic E-state index is 13.6. The van der Waals surface area contributed by atoms with Gasteiger partial charge in [0.25, 0.3) is 0 Å². The molecule has 0 fully saturated rings. The Morgan fingerprint density at radius 3 is 2.50 bits per heavy atom. The molecular weight excluding hydrogens is 250 g/mol. The highest BCUT2D eigenvalue weighted by molar-refractivity contribution is 5.94. The standard InChI is InChI=1S/C11H9F4N3/c1-5-2-3-6(12)10-9(5)7(18-16)4-8(17-10)11(13,14)15/h2-4H,16H2,1H3,(H,17,18). The smallest absolute Gasteiger partial charge is 0.323 e. The van der Waals surface area contributed by atoms with Crippen LogP contribution in [-0.4, -0.2) is 4.98 Å². The zero-order valence-electron chi connectivity index (χ0n) is 9.27. The van der Waals surface area contributed by atoms with E-state index in [1.54, 1.807) is 6.92 Å². The number of alkyl halides is 3. The topological polar surface area (TPSA) is 50.9 Å². The zero-order chi connectivity index (χ0) is 13.5. The van der Waals surface area contributed by atoms with Gasteiger partial charge in [-0.25, -0.2) is 9.37 Å². The van der Waals surface area contributed by atoms with Gasteiger partial charge in [-0.3, -0.25) is 5.84 Å². The monoisotopic (exact) mass is 259 g/mol. The molecule has 0 aliphatic heterocycles. The Kier molecular flexibility index (Phi) is 2.86. The van der Waals surface area contributed by atoms with Crippen LogP contribution in [0.5, 0.6) is 0 Å². The van der Waals surface area contributed by atoms with Crippen LogP contribution in [0, 0.1) is 12.7 Å². The molecule has 0 saturated heterocycles. The Hall–Kier alpha value is -1.89. The number of benzene rings is 1. The number of rotatable bonds is 1. The molecule has 0 saturated carbocycles. The highest BCUT2D eigenvalue weighted by Gasteiger charge is 2.33. The number of hydrogen-bond acceptors (Lipinski definition) is 3. The van der Waals surface area contributed by atoms with E-state index >= 15 is 0 Å². The first-order valence-corrected chi connectivity index (χ1v) is 4.98. The Bertz CT molecular complexity index is 607. The van der Waals surface area contributed by atoms with Gasteiger partial charge in [-0.1, -0.05) is 6.07 Å². The van der Waals surface area contributed by atoms with Gasteiger partial charge in [0.05, 0.1) is 5.69 Å². The minimum atomic E-state index is -4.66. The lowest BCUT2D eigenvalue weighted by molar-refractivity contribution is -0.140. The first-order chi connectivity index (χ1) is 8.34. The Balaban J connectivity index is 2.88. The molecule has 0 spiro atoms. The molecule has 96 valence electrons. The molecule has 1 aromatic carbocycles. The van der Waals surface area contributed by atoms with Crippen LogP contribution in [0.4, 0.5) is 23.2 Å². The number of anilines is 1. The van der Waals surface area contributed by atoms with Crippen molar-refractivity contribution in [1.82, 2.24) is 4.98 Å². The van der Waals surface area contributed by atoms with Gasteiger partial charge in [-0.2, -0.15) is 13.2 Å². The summed E-state index contributed by atoms with van der Waals surface area (Å²) in [4.78, 5) is 3.32. The molecule has 7 heteroatoms. The summed E-state index contributed by atoms with van der Waals surface area (Å²) >= 11 is 0. The van der Waals surface area contributed by atoms with E-state index in [-0.39, 0.29) is 16.6 Å². The fraction of sp³-hybridized carbons (Fsp3) is 0.182. The number of nitrogens with two attached hydrogens (primary N) is 1. The van der Waals surface area contributed by atoms with Crippen molar-refractivity contribution >= 4 is 16.6 Å². The van der Waals surface area contributed by atoms with Gasteiger partial charge >= 0.3 is 6.18 Å². The first kappa shape index (κ1) is 12.6. The number of hydrogen-bond donors (Lipinski definition) is 2. The van der Waals surface area contributed by atoms with Crippen LogP contribution in [0.1, 0.15) is 11.3 Å². The number of aromatic nitrogens is 1.